The summed E-state index contributed by atoms with van der Waals surface area (Å²) in [5.41, 5.74) is 2.09. The van der Waals surface area contributed by atoms with Gasteiger partial charge in [0.2, 0.25) is 0 Å². The summed E-state index contributed by atoms with van der Waals surface area (Å²) in [6.07, 6.45) is 0.137. The second-order valence-corrected chi connectivity index (χ2v) is 6.81. The first-order valence-electron chi connectivity index (χ1n) is 9.08. The lowest BCUT2D eigenvalue weighted by molar-refractivity contribution is -0.140. The standard InChI is InChI=1S/C22H24O4/c1-2-19(23)22-20(24)12-17(13-21(22)25)16-8-10-18(11-9-16)26-14-15-6-4-3-5-7-15/h3-11,17,20,22,24H,2,12-14H2,1H3. The number of ketones is 2. The molecule has 1 fully saturated rings. The minimum atomic E-state index is -0.886. The molecule has 1 aliphatic carbocycles. The van der Waals surface area contributed by atoms with Gasteiger partial charge in [-0.15, -0.1) is 0 Å². The number of aliphatic hydroxyl groups is 1. The quantitative estimate of drug-likeness (QED) is 0.806. The third-order valence-corrected chi connectivity index (χ3v) is 5.00. The molecule has 2 aromatic rings. The van der Waals surface area contributed by atoms with E-state index in [-0.39, 0.29) is 23.9 Å². The van der Waals surface area contributed by atoms with Gasteiger partial charge in [0.1, 0.15) is 29.8 Å². The van der Waals surface area contributed by atoms with Gasteiger partial charge in [0, 0.05) is 12.8 Å². The second-order valence-electron chi connectivity index (χ2n) is 6.81. The van der Waals surface area contributed by atoms with Crippen molar-refractivity contribution in [3.63, 3.8) is 0 Å². The molecule has 26 heavy (non-hydrogen) atoms. The van der Waals surface area contributed by atoms with Gasteiger partial charge in [-0.1, -0.05) is 49.4 Å². The average Bonchev–Trinajstić information content (AvgIpc) is 2.67. The molecule has 0 bridgehead atoms. The van der Waals surface area contributed by atoms with Crippen LogP contribution in [0.1, 0.15) is 43.2 Å². The van der Waals surface area contributed by atoms with Crippen molar-refractivity contribution in [1.29, 1.82) is 0 Å². The zero-order chi connectivity index (χ0) is 18.5. The van der Waals surface area contributed by atoms with Crippen LogP contribution in [0.5, 0.6) is 5.75 Å². The predicted molar refractivity (Wildman–Crippen MR) is 99.0 cm³/mol. The van der Waals surface area contributed by atoms with Crippen molar-refractivity contribution in [2.75, 3.05) is 0 Å². The van der Waals surface area contributed by atoms with Crippen molar-refractivity contribution in [2.45, 2.75) is 44.8 Å². The van der Waals surface area contributed by atoms with E-state index in [0.717, 1.165) is 16.9 Å². The highest BCUT2D eigenvalue weighted by Gasteiger charge is 2.39. The Kier molecular flexibility index (Phi) is 5.84. The largest absolute Gasteiger partial charge is 0.489 e. The third-order valence-electron chi connectivity index (χ3n) is 5.00. The zero-order valence-corrected chi connectivity index (χ0v) is 14.9. The van der Waals surface area contributed by atoms with E-state index in [1.54, 1.807) is 6.92 Å². The van der Waals surface area contributed by atoms with E-state index in [2.05, 4.69) is 0 Å². The summed E-state index contributed by atoms with van der Waals surface area (Å²) < 4.78 is 5.78. The molecule has 3 rings (SSSR count). The number of benzene rings is 2. The van der Waals surface area contributed by atoms with E-state index in [4.69, 9.17) is 4.74 Å². The van der Waals surface area contributed by atoms with Crippen molar-refractivity contribution in [3.8, 4) is 5.75 Å². The van der Waals surface area contributed by atoms with E-state index in [9.17, 15) is 14.7 Å². The highest BCUT2D eigenvalue weighted by Crippen LogP contribution is 2.35. The van der Waals surface area contributed by atoms with Crippen LogP contribution < -0.4 is 4.74 Å². The van der Waals surface area contributed by atoms with Crippen LogP contribution in [-0.4, -0.2) is 22.8 Å². The van der Waals surface area contributed by atoms with Crippen LogP contribution in [0, 0.1) is 5.92 Å². The molecule has 0 spiro atoms. The zero-order valence-electron chi connectivity index (χ0n) is 14.9. The fraction of sp³-hybridized carbons (Fsp3) is 0.364. The van der Waals surface area contributed by atoms with Crippen LogP contribution in [0.15, 0.2) is 54.6 Å². The SMILES string of the molecule is CCC(=O)C1C(=O)CC(c2ccc(OCc3ccccc3)cc2)CC1O. The predicted octanol–water partition coefficient (Wildman–Crippen LogP) is 3.67. The normalized spacial score (nSPS) is 22.8. The molecule has 0 heterocycles. The minimum absolute atomic E-state index is 0.0541. The van der Waals surface area contributed by atoms with Crippen molar-refractivity contribution in [2.24, 2.45) is 5.92 Å². The van der Waals surface area contributed by atoms with Gasteiger partial charge >= 0.3 is 0 Å². The van der Waals surface area contributed by atoms with Crippen molar-refractivity contribution >= 4 is 11.6 Å². The van der Waals surface area contributed by atoms with Crippen LogP contribution in [0.4, 0.5) is 0 Å². The van der Waals surface area contributed by atoms with Crippen LogP contribution >= 0.6 is 0 Å². The molecule has 0 saturated heterocycles. The van der Waals surface area contributed by atoms with Crippen molar-refractivity contribution in [3.05, 3.63) is 65.7 Å². The lowest BCUT2D eigenvalue weighted by Crippen LogP contribution is -2.40. The molecule has 0 radical (unpaired) electrons. The van der Waals surface area contributed by atoms with Gasteiger partial charge in [0.15, 0.2) is 0 Å². The van der Waals surface area contributed by atoms with E-state index < -0.39 is 12.0 Å². The van der Waals surface area contributed by atoms with E-state index in [0.29, 0.717) is 19.4 Å². The third kappa shape index (κ3) is 4.20. The fourth-order valence-electron chi connectivity index (χ4n) is 3.54. The molecule has 0 aromatic heterocycles. The molecule has 4 heteroatoms. The topological polar surface area (TPSA) is 63.6 Å². The van der Waals surface area contributed by atoms with Gasteiger partial charge in [-0.2, -0.15) is 0 Å². The number of rotatable bonds is 6. The Morgan fingerprint density at radius 2 is 1.81 bits per heavy atom. The highest BCUT2D eigenvalue weighted by molar-refractivity contribution is 6.03. The summed E-state index contributed by atoms with van der Waals surface area (Å²) in [6.45, 7) is 2.23. The number of carbonyl (C=O) groups is 2. The number of Topliss-reactive ketones (excluding diaryl/α,β-unsaturated/α-hetero) is 2. The Balaban J connectivity index is 1.62. The van der Waals surface area contributed by atoms with E-state index in [1.165, 1.54) is 0 Å². The summed E-state index contributed by atoms with van der Waals surface area (Å²) in [6, 6.07) is 17.6. The molecule has 4 nitrogen and oxygen atoms in total. The summed E-state index contributed by atoms with van der Waals surface area (Å²) in [5, 5.41) is 10.3. The van der Waals surface area contributed by atoms with Crippen LogP contribution in [0.2, 0.25) is 0 Å². The number of hydrogen-bond donors (Lipinski definition) is 1. The van der Waals surface area contributed by atoms with Gasteiger partial charge in [-0.05, 0) is 35.6 Å². The fourth-order valence-corrected chi connectivity index (χ4v) is 3.54. The molecule has 0 amide bonds. The van der Waals surface area contributed by atoms with E-state index in [1.807, 2.05) is 54.6 Å². The Hall–Kier alpha value is -2.46. The lowest BCUT2D eigenvalue weighted by Gasteiger charge is -2.31. The molecule has 0 aliphatic heterocycles. The van der Waals surface area contributed by atoms with Gasteiger partial charge in [-0.25, -0.2) is 0 Å². The first-order valence-corrected chi connectivity index (χ1v) is 9.08. The number of carbonyl (C=O) groups excluding carboxylic acids is 2. The first kappa shape index (κ1) is 18.3. The maximum atomic E-state index is 12.3. The highest BCUT2D eigenvalue weighted by atomic mass is 16.5. The molecule has 3 unspecified atom stereocenters. The average molecular weight is 352 g/mol. The summed E-state index contributed by atoms with van der Waals surface area (Å²) in [7, 11) is 0. The molecule has 1 N–H and O–H groups in total. The molecular formula is C22H24O4. The van der Waals surface area contributed by atoms with Gasteiger partial charge in [0.05, 0.1) is 6.10 Å². The number of aliphatic hydroxyl groups excluding tert-OH is 1. The molecular weight excluding hydrogens is 328 g/mol. The molecule has 1 aliphatic rings. The van der Waals surface area contributed by atoms with Crippen LogP contribution in [0.25, 0.3) is 0 Å². The molecule has 136 valence electrons. The van der Waals surface area contributed by atoms with E-state index >= 15 is 0 Å². The van der Waals surface area contributed by atoms with Gasteiger partial charge in [-0.3, -0.25) is 9.59 Å². The Bertz CT molecular complexity index is 751. The summed E-state index contributed by atoms with van der Waals surface area (Å²) in [5.74, 6) is -0.443. The molecule has 1 saturated carbocycles. The van der Waals surface area contributed by atoms with Crippen LogP contribution in [0.3, 0.4) is 0 Å². The van der Waals surface area contributed by atoms with Gasteiger partial charge in [0.25, 0.3) is 0 Å². The van der Waals surface area contributed by atoms with Crippen molar-refractivity contribution < 1.29 is 19.4 Å². The second kappa shape index (κ2) is 8.28. The summed E-state index contributed by atoms with van der Waals surface area (Å²) >= 11 is 0. The van der Waals surface area contributed by atoms with Crippen molar-refractivity contribution in [1.82, 2.24) is 0 Å². The maximum Gasteiger partial charge on any atom is 0.146 e. The smallest absolute Gasteiger partial charge is 0.146 e. The lowest BCUT2D eigenvalue weighted by atomic mass is 9.74. The number of hydrogen-bond acceptors (Lipinski definition) is 4. The monoisotopic (exact) mass is 352 g/mol. The molecule has 2 aromatic carbocycles. The van der Waals surface area contributed by atoms with Crippen LogP contribution in [-0.2, 0) is 16.2 Å². The Morgan fingerprint density at radius 3 is 2.42 bits per heavy atom. The maximum absolute atomic E-state index is 12.3. The first-order chi connectivity index (χ1) is 12.6. The number of ether oxygens (including phenoxy) is 1. The van der Waals surface area contributed by atoms with Gasteiger partial charge < -0.3 is 9.84 Å². The Labute approximate surface area is 153 Å². The minimum Gasteiger partial charge on any atom is -0.489 e. The summed E-state index contributed by atoms with van der Waals surface area (Å²) in [4.78, 5) is 24.2. The molecule has 3 atom stereocenters. The Morgan fingerprint density at radius 1 is 1.12 bits per heavy atom.